The van der Waals surface area contributed by atoms with Crippen LogP contribution in [0, 0.1) is 12.8 Å². The second-order valence-corrected chi connectivity index (χ2v) is 6.82. The van der Waals surface area contributed by atoms with E-state index in [2.05, 4.69) is 10.5 Å². The van der Waals surface area contributed by atoms with Gasteiger partial charge in [-0.25, -0.2) is 0 Å². The predicted octanol–water partition coefficient (Wildman–Crippen LogP) is 2.09. The number of likely N-dealkylation sites (tertiary alicyclic amines) is 1. The molecule has 1 aliphatic rings. The van der Waals surface area contributed by atoms with Crippen LogP contribution in [0.25, 0.3) is 0 Å². The molecule has 3 rings (SSSR count). The molecular formula is C20H25N3O4. The summed E-state index contributed by atoms with van der Waals surface area (Å²) in [5, 5.41) is 6.76. The Morgan fingerprint density at radius 1 is 1.37 bits per heavy atom. The molecule has 0 radical (unpaired) electrons. The van der Waals surface area contributed by atoms with Gasteiger partial charge in [-0.05, 0) is 37.5 Å². The highest BCUT2D eigenvalue weighted by Crippen LogP contribution is 2.19. The molecular weight excluding hydrogens is 346 g/mol. The summed E-state index contributed by atoms with van der Waals surface area (Å²) in [4.78, 5) is 26.5. The van der Waals surface area contributed by atoms with Crippen molar-refractivity contribution in [2.45, 2.75) is 32.7 Å². The summed E-state index contributed by atoms with van der Waals surface area (Å²) in [6, 6.07) is 9.62. The fourth-order valence-electron chi connectivity index (χ4n) is 3.22. The van der Waals surface area contributed by atoms with Crippen molar-refractivity contribution in [3.8, 4) is 5.75 Å². The standard InChI is InChI=1S/C20H25N3O4/c1-14-11-17(22-27-14)12-21-20(25)16-5-8-19(24)23(13-16)10-9-15-3-6-18(26-2)7-4-15/h3-4,6-7,11,16H,5,8-10,12-13H2,1-2H3,(H,21,25)/t16-/m0/s1. The monoisotopic (exact) mass is 371 g/mol. The maximum absolute atomic E-state index is 12.5. The molecule has 1 aliphatic heterocycles. The molecule has 1 saturated heterocycles. The minimum Gasteiger partial charge on any atom is -0.497 e. The topological polar surface area (TPSA) is 84.7 Å². The molecule has 2 heterocycles. The number of nitrogens with one attached hydrogen (secondary N) is 1. The molecule has 1 aromatic carbocycles. The van der Waals surface area contributed by atoms with E-state index in [9.17, 15) is 9.59 Å². The number of rotatable bonds is 7. The van der Waals surface area contributed by atoms with Gasteiger partial charge >= 0.3 is 0 Å². The summed E-state index contributed by atoms with van der Waals surface area (Å²) in [5.41, 5.74) is 1.83. The zero-order valence-corrected chi connectivity index (χ0v) is 15.7. The quantitative estimate of drug-likeness (QED) is 0.806. The first-order valence-corrected chi connectivity index (χ1v) is 9.16. The van der Waals surface area contributed by atoms with Crippen LogP contribution in [-0.2, 0) is 22.6 Å². The molecule has 144 valence electrons. The molecule has 7 heteroatoms. The molecule has 0 saturated carbocycles. The second kappa shape index (κ2) is 8.70. The Bertz CT molecular complexity index is 785. The number of piperidine rings is 1. The molecule has 1 aromatic heterocycles. The van der Waals surface area contributed by atoms with Gasteiger partial charge in [0.15, 0.2) is 0 Å². The summed E-state index contributed by atoms with van der Waals surface area (Å²) in [5.74, 6) is 1.41. The first-order chi connectivity index (χ1) is 13.0. The van der Waals surface area contributed by atoms with Gasteiger partial charge in [0.05, 0.1) is 19.6 Å². The highest BCUT2D eigenvalue weighted by molar-refractivity contribution is 5.83. The van der Waals surface area contributed by atoms with E-state index in [-0.39, 0.29) is 17.7 Å². The Labute approximate surface area is 158 Å². The van der Waals surface area contributed by atoms with E-state index >= 15 is 0 Å². The van der Waals surface area contributed by atoms with Crippen molar-refractivity contribution in [1.29, 1.82) is 0 Å². The molecule has 1 fully saturated rings. The van der Waals surface area contributed by atoms with Gasteiger partial charge in [0, 0.05) is 25.6 Å². The van der Waals surface area contributed by atoms with Crippen LogP contribution in [0.15, 0.2) is 34.9 Å². The number of amides is 2. The molecule has 0 spiro atoms. The first-order valence-electron chi connectivity index (χ1n) is 9.16. The Kier molecular flexibility index (Phi) is 6.11. The summed E-state index contributed by atoms with van der Waals surface area (Å²) < 4.78 is 10.2. The zero-order chi connectivity index (χ0) is 19.2. The maximum atomic E-state index is 12.5. The number of methoxy groups -OCH3 is 1. The average Bonchev–Trinajstić information content (AvgIpc) is 3.11. The highest BCUT2D eigenvalue weighted by Gasteiger charge is 2.29. The Balaban J connectivity index is 1.50. The number of aromatic nitrogens is 1. The number of carbonyl (C=O) groups excluding carboxylic acids is 2. The third-order valence-corrected chi connectivity index (χ3v) is 4.82. The molecule has 27 heavy (non-hydrogen) atoms. The third-order valence-electron chi connectivity index (χ3n) is 4.82. The highest BCUT2D eigenvalue weighted by atomic mass is 16.5. The SMILES string of the molecule is COc1ccc(CCN2C[C@@H](C(=O)NCc3cc(C)on3)CCC2=O)cc1. The normalized spacial score (nSPS) is 17.0. The Morgan fingerprint density at radius 3 is 2.81 bits per heavy atom. The number of hydrogen-bond acceptors (Lipinski definition) is 5. The summed E-state index contributed by atoms with van der Waals surface area (Å²) in [7, 11) is 1.64. The molecule has 7 nitrogen and oxygen atoms in total. The van der Waals surface area contributed by atoms with Gasteiger partial charge in [-0.3, -0.25) is 9.59 Å². The van der Waals surface area contributed by atoms with Crippen LogP contribution in [-0.4, -0.2) is 42.1 Å². The minimum absolute atomic E-state index is 0.0439. The molecule has 0 unspecified atom stereocenters. The fraction of sp³-hybridized carbons (Fsp3) is 0.450. The van der Waals surface area contributed by atoms with Crippen molar-refractivity contribution < 1.29 is 18.8 Å². The van der Waals surface area contributed by atoms with Gasteiger partial charge in [0.25, 0.3) is 0 Å². The third kappa shape index (κ3) is 5.09. The predicted molar refractivity (Wildman–Crippen MR) is 99.1 cm³/mol. The van der Waals surface area contributed by atoms with Gasteiger partial charge in [-0.2, -0.15) is 0 Å². The molecule has 2 aromatic rings. The number of benzene rings is 1. The molecule has 0 bridgehead atoms. The van der Waals surface area contributed by atoms with Crippen molar-refractivity contribution in [3.05, 3.63) is 47.3 Å². The van der Waals surface area contributed by atoms with Crippen molar-refractivity contribution in [3.63, 3.8) is 0 Å². The lowest BCUT2D eigenvalue weighted by atomic mass is 9.96. The van der Waals surface area contributed by atoms with Crippen molar-refractivity contribution >= 4 is 11.8 Å². The van der Waals surface area contributed by atoms with Crippen LogP contribution < -0.4 is 10.1 Å². The lowest BCUT2D eigenvalue weighted by Crippen LogP contribution is -2.46. The van der Waals surface area contributed by atoms with Gasteiger partial charge in [0.2, 0.25) is 11.8 Å². The minimum atomic E-state index is -0.188. The van der Waals surface area contributed by atoms with E-state index in [1.54, 1.807) is 18.1 Å². The summed E-state index contributed by atoms with van der Waals surface area (Å²) in [6.07, 6.45) is 1.74. The van der Waals surface area contributed by atoms with Crippen LogP contribution in [0.5, 0.6) is 5.75 Å². The number of hydrogen-bond donors (Lipinski definition) is 1. The van der Waals surface area contributed by atoms with Gasteiger partial charge in [0.1, 0.15) is 17.2 Å². The van der Waals surface area contributed by atoms with Crippen LogP contribution in [0.2, 0.25) is 0 Å². The first kappa shape index (κ1) is 18.9. The van der Waals surface area contributed by atoms with Crippen LogP contribution in [0.3, 0.4) is 0 Å². The van der Waals surface area contributed by atoms with E-state index in [1.807, 2.05) is 31.2 Å². The lowest BCUT2D eigenvalue weighted by molar-refractivity contribution is -0.138. The van der Waals surface area contributed by atoms with Crippen molar-refractivity contribution in [1.82, 2.24) is 15.4 Å². The number of aryl methyl sites for hydroxylation is 1. The summed E-state index contributed by atoms with van der Waals surface area (Å²) >= 11 is 0. The molecule has 0 aliphatic carbocycles. The van der Waals surface area contributed by atoms with E-state index in [0.29, 0.717) is 43.9 Å². The van der Waals surface area contributed by atoms with Crippen molar-refractivity contribution in [2.24, 2.45) is 5.92 Å². The number of ether oxygens (including phenoxy) is 1. The van der Waals surface area contributed by atoms with Gasteiger partial charge in [-0.1, -0.05) is 17.3 Å². The van der Waals surface area contributed by atoms with Crippen molar-refractivity contribution in [2.75, 3.05) is 20.2 Å². The Hall–Kier alpha value is -2.83. The average molecular weight is 371 g/mol. The van der Waals surface area contributed by atoms with E-state index in [0.717, 1.165) is 17.7 Å². The molecule has 1 atom stereocenters. The Morgan fingerprint density at radius 2 is 2.15 bits per heavy atom. The van der Waals surface area contributed by atoms with E-state index < -0.39 is 0 Å². The smallest absolute Gasteiger partial charge is 0.225 e. The second-order valence-electron chi connectivity index (χ2n) is 6.82. The van der Waals surface area contributed by atoms with Gasteiger partial charge < -0.3 is 19.5 Å². The molecule has 2 amide bonds. The maximum Gasteiger partial charge on any atom is 0.225 e. The molecule has 1 N–H and O–H groups in total. The number of carbonyl (C=O) groups is 2. The van der Waals surface area contributed by atoms with Crippen LogP contribution in [0.1, 0.15) is 29.9 Å². The van der Waals surface area contributed by atoms with Gasteiger partial charge in [-0.15, -0.1) is 0 Å². The lowest BCUT2D eigenvalue weighted by Gasteiger charge is -2.32. The number of nitrogens with zero attached hydrogens (tertiary/aromatic N) is 2. The summed E-state index contributed by atoms with van der Waals surface area (Å²) in [6.45, 7) is 3.22. The largest absolute Gasteiger partial charge is 0.497 e. The zero-order valence-electron chi connectivity index (χ0n) is 15.7. The van der Waals surface area contributed by atoms with E-state index in [1.165, 1.54) is 0 Å². The van der Waals surface area contributed by atoms with E-state index in [4.69, 9.17) is 9.26 Å². The van der Waals surface area contributed by atoms with Crippen LogP contribution >= 0.6 is 0 Å². The fourth-order valence-corrected chi connectivity index (χ4v) is 3.22. The van der Waals surface area contributed by atoms with Crippen LogP contribution in [0.4, 0.5) is 0 Å².